The SMILES string of the molecule is CCC(CC)N1CCC(Oc2ccc(N3CCN(C(=O)c4ccc(F)cc4)CC3)cc2)CC1. The number of amides is 1. The molecule has 0 bridgehead atoms. The van der Waals surface area contributed by atoms with Crippen LogP contribution in [0.2, 0.25) is 0 Å². The van der Waals surface area contributed by atoms with Gasteiger partial charge in [0.05, 0.1) is 0 Å². The highest BCUT2D eigenvalue weighted by molar-refractivity contribution is 5.94. The van der Waals surface area contributed by atoms with Crippen LogP contribution in [-0.4, -0.2) is 67.1 Å². The Morgan fingerprint density at radius 1 is 0.909 bits per heavy atom. The Morgan fingerprint density at radius 3 is 2.09 bits per heavy atom. The molecule has 178 valence electrons. The fraction of sp³-hybridized carbons (Fsp3) is 0.519. The third-order valence-electron chi connectivity index (χ3n) is 7.10. The molecule has 0 radical (unpaired) electrons. The standard InChI is InChI=1S/C27H36FN3O2/c1-3-23(4-2)29-15-13-26(14-16-29)33-25-11-9-24(10-12-25)30-17-19-31(20-18-30)27(32)21-5-7-22(28)8-6-21/h5-12,23,26H,3-4,13-20H2,1-2H3. The van der Waals surface area contributed by atoms with Crippen molar-refractivity contribution in [2.24, 2.45) is 0 Å². The van der Waals surface area contributed by atoms with Gasteiger partial charge >= 0.3 is 0 Å². The molecule has 5 nitrogen and oxygen atoms in total. The molecule has 2 heterocycles. The van der Waals surface area contributed by atoms with Gasteiger partial charge in [-0.1, -0.05) is 13.8 Å². The molecule has 2 saturated heterocycles. The topological polar surface area (TPSA) is 36.0 Å². The van der Waals surface area contributed by atoms with Gasteiger partial charge in [0.2, 0.25) is 0 Å². The van der Waals surface area contributed by atoms with Gasteiger partial charge in [0.1, 0.15) is 17.7 Å². The first-order valence-electron chi connectivity index (χ1n) is 12.4. The molecule has 0 aromatic heterocycles. The minimum absolute atomic E-state index is 0.0337. The minimum atomic E-state index is -0.323. The molecule has 0 unspecified atom stereocenters. The molecule has 33 heavy (non-hydrogen) atoms. The molecule has 2 aromatic rings. The number of hydrogen-bond donors (Lipinski definition) is 0. The largest absolute Gasteiger partial charge is 0.490 e. The predicted molar refractivity (Wildman–Crippen MR) is 131 cm³/mol. The molecule has 0 atom stereocenters. The van der Waals surface area contributed by atoms with E-state index in [9.17, 15) is 9.18 Å². The van der Waals surface area contributed by atoms with Crippen LogP contribution in [0.4, 0.5) is 10.1 Å². The minimum Gasteiger partial charge on any atom is -0.490 e. The smallest absolute Gasteiger partial charge is 0.253 e. The molecule has 4 rings (SSSR count). The summed E-state index contributed by atoms with van der Waals surface area (Å²) < 4.78 is 19.4. The number of piperazine rings is 1. The van der Waals surface area contributed by atoms with Crippen LogP contribution in [0.1, 0.15) is 49.9 Å². The summed E-state index contributed by atoms with van der Waals surface area (Å²) in [5, 5.41) is 0. The Bertz CT molecular complexity index is 883. The van der Waals surface area contributed by atoms with Crippen molar-refractivity contribution < 1.29 is 13.9 Å². The first-order chi connectivity index (χ1) is 16.1. The number of nitrogens with zero attached hydrogens (tertiary/aromatic N) is 3. The van der Waals surface area contributed by atoms with Gasteiger partial charge in [0, 0.05) is 56.6 Å². The summed E-state index contributed by atoms with van der Waals surface area (Å²) in [6, 6.07) is 14.9. The van der Waals surface area contributed by atoms with Crippen molar-refractivity contribution >= 4 is 11.6 Å². The summed E-state index contributed by atoms with van der Waals surface area (Å²) in [6.45, 7) is 9.67. The molecule has 0 aliphatic carbocycles. The van der Waals surface area contributed by atoms with E-state index >= 15 is 0 Å². The Balaban J connectivity index is 1.25. The Morgan fingerprint density at radius 2 is 1.52 bits per heavy atom. The fourth-order valence-electron chi connectivity index (χ4n) is 5.03. The average Bonchev–Trinajstić information content (AvgIpc) is 2.86. The highest BCUT2D eigenvalue weighted by atomic mass is 19.1. The van der Waals surface area contributed by atoms with Crippen molar-refractivity contribution in [2.75, 3.05) is 44.2 Å². The van der Waals surface area contributed by atoms with Crippen molar-refractivity contribution in [1.82, 2.24) is 9.80 Å². The summed E-state index contributed by atoms with van der Waals surface area (Å²) in [4.78, 5) is 19.4. The molecule has 2 aliphatic heterocycles. The third kappa shape index (κ3) is 5.85. The zero-order valence-corrected chi connectivity index (χ0v) is 19.9. The van der Waals surface area contributed by atoms with Crippen molar-refractivity contribution in [3.63, 3.8) is 0 Å². The number of hydrogen-bond acceptors (Lipinski definition) is 4. The zero-order valence-electron chi connectivity index (χ0n) is 19.9. The highest BCUT2D eigenvalue weighted by Gasteiger charge is 2.25. The second kappa shape index (κ2) is 11.0. The van der Waals surface area contributed by atoms with Gasteiger partial charge in [0.25, 0.3) is 5.91 Å². The Labute approximate surface area is 197 Å². The summed E-state index contributed by atoms with van der Waals surface area (Å²) in [7, 11) is 0. The van der Waals surface area contributed by atoms with Gasteiger partial charge in [-0.2, -0.15) is 0 Å². The van der Waals surface area contributed by atoms with Gasteiger partial charge < -0.3 is 19.4 Å². The van der Waals surface area contributed by atoms with E-state index in [4.69, 9.17) is 4.74 Å². The predicted octanol–water partition coefficient (Wildman–Crippen LogP) is 4.82. The van der Waals surface area contributed by atoms with E-state index in [-0.39, 0.29) is 11.7 Å². The summed E-state index contributed by atoms with van der Waals surface area (Å²) in [5.41, 5.74) is 1.69. The number of rotatable bonds is 7. The lowest BCUT2D eigenvalue weighted by molar-refractivity contribution is 0.0726. The zero-order chi connectivity index (χ0) is 23.2. The summed E-state index contributed by atoms with van der Waals surface area (Å²) in [6.07, 6.45) is 4.91. The first-order valence-corrected chi connectivity index (χ1v) is 12.4. The van der Waals surface area contributed by atoms with Crippen molar-refractivity contribution in [3.8, 4) is 5.75 Å². The molecular weight excluding hydrogens is 417 g/mol. The van der Waals surface area contributed by atoms with Crippen LogP contribution < -0.4 is 9.64 Å². The first kappa shape index (κ1) is 23.6. The van der Waals surface area contributed by atoms with E-state index in [1.54, 1.807) is 12.1 Å². The number of carbonyl (C=O) groups is 1. The molecule has 0 N–H and O–H groups in total. The Hall–Kier alpha value is -2.60. The Kier molecular flexibility index (Phi) is 7.86. The quantitative estimate of drug-likeness (QED) is 0.602. The van der Waals surface area contributed by atoms with Crippen LogP contribution in [0.15, 0.2) is 48.5 Å². The maximum atomic E-state index is 13.1. The number of likely N-dealkylation sites (tertiary alicyclic amines) is 1. The van der Waals surface area contributed by atoms with E-state index in [1.807, 2.05) is 4.90 Å². The summed E-state index contributed by atoms with van der Waals surface area (Å²) in [5.74, 6) is 0.578. The monoisotopic (exact) mass is 453 g/mol. The van der Waals surface area contributed by atoms with Crippen molar-refractivity contribution in [1.29, 1.82) is 0 Å². The number of ether oxygens (including phenoxy) is 1. The van der Waals surface area contributed by atoms with Gasteiger partial charge in [-0.15, -0.1) is 0 Å². The molecule has 1 amide bonds. The second-order valence-electron chi connectivity index (χ2n) is 9.10. The third-order valence-corrected chi connectivity index (χ3v) is 7.10. The van der Waals surface area contributed by atoms with E-state index in [2.05, 4.69) is 47.9 Å². The second-order valence-corrected chi connectivity index (χ2v) is 9.10. The van der Waals surface area contributed by atoms with E-state index in [1.165, 1.54) is 25.0 Å². The van der Waals surface area contributed by atoms with Crippen LogP contribution >= 0.6 is 0 Å². The van der Waals surface area contributed by atoms with E-state index in [0.717, 1.165) is 50.5 Å². The van der Waals surface area contributed by atoms with Crippen LogP contribution in [0.5, 0.6) is 5.75 Å². The van der Waals surface area contributed by atoms with Crippen molar-refractivity contribution in [2.45, 2.75) is 51.7 Å². The van der Waals surface area contributed by atoms with Gasteiger partial charge in [-0.3, -0.25) is 4.79 Å². The molecule has 0 spiro atoms. The lowest BCUT2D eigenvalue weighted by Gasteiger charge is -2.37. The number of piperidine rings is 1. The lowest BCUT2D eigenvalue weighted by Crippen LogP contribution is -2.48. The number of halogens is 1. The highest BCUT2D eigenvalue weighted by Crippen LogP contribution is 2.25. The fourth-order valence-corrected chi connectivity index (χ4v) is 5.03. The molecule has 0 saturated carbocycles. The number of benzene rings is 2. The van der Waals surface area contributed by atoms with E-state index in [0.29, 0.717) is 30.8 Å². The molecule has 6 heteroatoms. The maximum absolute atomic E-state index is 13.1. The lowest BCUT2D eigenvalue weighted by atomic mass is 10.0. The van der Waals surface area contributed by atoms with E-state index < -0.39 is 0 Å². The summed E-state index contributed by atoms with van der Waals surface area (Å²) >= 11 is 0. The molecular formula is C27H36FN3O2. The van der Waals surface area contributed by atoms with Gasteiger partial charge in [-0.25, -0.2) is 4.39 Å². The van der Waals surface area contributed by atoms with Crippen LogP contribution in [0, 0.1) is 5.82 Å². The van der Waals surface area contributed by atoms with Crippen LogP contribution in [0.25, 0.3) is 0 Å². The average molecular weight is 454 g/mol. The van der Waals surface area contributed by atoms with Crippen LogP contribution in [-0.2, 0) is 0 Å². The maximum Gasteiger partial charge on any atom is 0.253 e. The number of carbonyl (C=O) groups excluding carboxylic acids is 1. The van der Waals surface area contributed by atoms with Crippen molar-refractivity contribution in [3.05, 3.63) is 59.9 Å². The van der Waals surface area contributed by atoms with Gasteiger partial charge in [-0.05, 0) is 74.2 Å². The molecule has 2 aliphatic rings. The normalized spacial score (nSPS) is 18.1. The van der Waals surface area contributed by atoms with Gasteiger partial charge in [0.15, 0.2) is 0 Å². The molecule has 2 fully saturated rings. The molecule has 2 aromatic carbocycles. The number of anilines is 1. The van der Waals surface area contributed by atoms with Crippen LogP contribution in [0.3, 0.4) is 0 Å².